The van der Waals surface area contributed by atoms with Crippen molar-refractivity contribution in [2.45, 2.75) is 60.9 Å². The lowest BCUT2D eigenvalue weighted by atomic mass is 9.75. The van der Waals surface area contributed by atoms with Crippen molar-refractivity contribution in [3.05, 3.63) is 34.4 Å². The van der Waals surface area contributed by atoms with Crippen molar-refractivity contribution < 1.29 is 0 Å². The van der Waals surface area contributed by atoms with E-state index < -0.39 is 0 Å². The molecule has 1 nitrogen and oxygen atoms in total. The Labute approximate surface area is 113 Å². The Hall–Kier alpha value is -0.820. The van der Waals surface area contributed by atoms with Gasteiger partial charge in [0.2, 0.25) is 0 Å². The van der Waals surface area contributed by atoms with Gasteiger partial charge in [-0.2, -0.15) is 0 Å². The first-order valence-electron chi connectivity index (χ1n) is 7.14. The van der Waals surface area contributed by atoms with Crippen LogP contribution in [-0.2, 0) is 0 Å². The van der Waals surface area contributed by atoms with Crippen molar-refractivity contribution in [3.8, 4) is 0 Å². The van der Waals surface area contributed by atoms with Crippen LogP contribution in [0.5, 0.6) is 0 Å². The average molecular weight is 247 g/mol. The lowest BCUT2D eigenvalue weighted by Crippen LogP contribution is -2.35. The molecule has 1 heteroatoms. The van der Waals surface area contributed by atoms with Gasteiger partial charge in [-0.15, -0.1) is 0 Å². The molecule has 0 radical (unpaired) electrons. The normalized spacial score (nSPS) is 13.7. The molecule has 1 rings (SSSR count). The molecule has 102 valence electrons. The zero-order chi connectivity index (χ0) is 13.9. The molecule has 0 aromatic heterocycles. The smallest absolute Gasteiger partial charge is 0.0376 e. The predicted molar refractivity (Wildman–Crippen MR) is 81.1 cm³/mol. The minimum Gasteiger partial charge on any atom is -0.310 e. The summed E-state index contributed by atoms with van der Waals surface area (Å²) >= 11 is 0. The van der Waals surface area contributed by atoms with Crippen molar-refractivity contribution in [3.63, 3.8) is 0 Å². The summed E-state index contributed by atoms with van der Waals surface area (Å²) in [6.07, 6.45) is 1.18. The van der Waals surface area contributed by atoms with Crippen LogP contribution in [0, 0.1) is 26.2 Å². The van der Waals surface area contributed by atoms with Crippen molar-refractivity contribution in [1.29, 1.82) is 0 Å². The Morgan fingerprint density at radius 2 is 1.56 bits per heavy atom. The van der Waals surface area contributed by atoms with E-state index in [1.54, 1.807) is 0 Å². The van der Waals surface area contributed by atoms with Crippen molar-refractivity contribution >= 4 is 0 Å². The topological polar surface area (TPSA) is 12.0 Å². The Kier molecular flexibility index (Phi) is 4.98. The second-order valence-electron chi connectivity index (χ2n) is 6.15. The van der Waals surface area contributed by atoms with Crippen LogP contribution < -0.4 is 5.32 Å². The largest absolute Gasteiger partial charge is 0.310 e. The minimum atomic E-state index is 0.279. The summed E-state index contributed by atoms with van der Waals surface area (Å²) in [5.74, 6) is 0. The molecule has 1 atom stereocenters. The van der Waals surface area contributed by atoms with Gasteiger partial charge in [0.05, 0.1) is 0 Å². The van der Waals surface area contributed by atoms with Crippen LogP contribution >= 0.6 is 0 Å². The van der Waals surface area contributed by atoms with E-state index in [4.69, 9.17) is 0 Å². The summed E-state index contributed by atoms with van der Waals surface area (Å²) in [5, 5.41) is 3.69. The van der Waals surface area contributed by atoms with Crippen LogP contribution in [0.3, 0.4) is 0 Å². The van der Waals surface area contributed by atoms with Gasteiger partial charge < -0.3 is 5.32 Å². The van der Waals surface area contributed by atoms with Gasteiger partial charge in [0.15, 0.2) is 0 Å². The number of benzene rings is 1. The third kappa shape index (κ3) is 3.14. The van der Waals surface area contributed by atoms with Crippen molar-refractivity contribution in [2.75, 3.05) is 6.54 Å². The van der Waals surface area contributed by atoms with Crippen LogP contribution in [0.1, 0.15) is 62.4 Å². The number of rotatable bonds is 5. The second kappa shape index (κ2) is 5.88. The highest BCUT2D eigenvalue weighted by Crippen LogP contribution is 2.39. The molecule has 0 saturated heterocycles. The van der Waals surface area contributed by atoms with Crippen molar-refractivity contribution in [1.82, 2.24) is 5.32 Å². The zero-order valence-corrected chi connectivity index (χ0v) is 13.1. The number of hydrogen-bond acceptors (Lipinski definition) is 1. The molecule has 1 aromatic rings. The van der Waals surface area contributed by atoms with E-state index in [1.165, 1.54) is 28.7 Å². The molecular formula is C17H29N. The fourth-order valence-corrected chi connectivity index (χ4v) is 2.82. The summed E-state index contributed by atoms with van der Waals surface area (Å²) in [6, 6.07) is 5.05. The van der Waals surface area contributed by atoms with Crippen molar-refractivity contribution in [2.24, 2.45) is 5.41 Å². The lowest BCUT2D eigenvalue weighted by Gasteiger charge is -2.36. The first kappa shape index (κ1) is 15.2. The molecule has 1 unspecified atom stereocenters. The van der Waals surface area contributed by atoms with Gasteiger partial charge in [0.1, 0.15) is 0 Å². The van der Waals surface area contributed by atoms with Crippen LogP contribution in [0.2, 0.25) is 0 Å². The van der Waals surface area contributed by atoms with E-state index in [0.717, 1.165) is 6.54 Å². The first-order valence-corrected chi connectivity index (χ1v) is 7.14. The fraction of sp³-hybridized carbons (Fsp3) is 0.647. The highest BCUT2D eigenvalue weighted by Gasteiger charge is 2.30. The molecule has 0 saturated carbocycles. The Morgan fingerprint density at radius 3 is 1.94 bits per heavy atom. The van der Waals surface area contributed by atoms with Crippen LogP contribution in [-0.4, -0.2) is 6.54 Å². The third-order valence-electron chi connectivity index (χ3n) is 4.13. The minimum absolute atomic E-state index is 0.279. The molecule has 1 aromatic carbocycles. The summed E-state index contributed by atoms with van der Waals surface area (Å²) in [6.45, 7) is 16.9. The lowest BCUT2D eigenvalue weighted by molar-refractivity contribution is 0.236. The zero-order valence-electron chi connectivity index (χ0n) is 13.1. The van der Waals surface area contributed by atoms with E-state index in [1.807, 2.05) is 0 Å². The molecule has 0 heterocycles. The van der Waals surface area contributed by atoms with Gasteiger partial charge in [-0.3, -0.25) is 0 Å². The molecule has 0 fully saturated rings. The van der Waals surface area contributed by atoms with E-state index in [0.29, 0.717) is 6.04 Å². The molecule has 0 spiro atoms. The average Bonchev–Trinajstić information content (AvgIpc) is 2.26. The Balaban J connectivity index is 3.30. The van der Waals surface area contributed by atoms with Gasteiger partial charge in [-0.1, -0.05) is 45.4 Å². The second-order valence-corrected chi connectivity index (χ2v) is 6.15. The molecule has 0 aliphatic rings. The summed E-state index contributed by atoms with van der Waals surface area (Å²) < 4.78 is 0. The highest BCUT2D eigenvalue weighted by molar-refractivity contribution is 5.40. The maximum absolute atomic E-state index is 3.69. The van der Waals surface area contributed by atoms with E-state index in [2.05, 4.69) is 65.9 Å². The maximum atomic E-state index is 3.69. The molecule has 0 aliphatic heterocycles. The van der Waals surface area contributed by atoms with E-state index >= 15 is 0 Å². The van der Waals surface area contributed by atoms with E-state index in [-0.39, 0.29) is 5.41 Å². The molecule has 18 heavy (non-hydrogen) atoms. The van der Waals surface area contributed by atoms with Gasteiger partial charge >= 0.3 is 0 Å². The standard InChI is InChI=1S/C17H29N/c1-8-17(6,7)16(18-9-2)15-13(4)10-12(3)11-14(15)5/h10-11,16,18H,8-9H2,1-7H3. The highest BCUT2D eigenvalue weighted by atomic mass is 14.9. The van der Waals surface area contributed by atoms with Gasteiger partial charge in [-0.25, -0.2) is 0 Å². The SMILES string of the molecule is CCNC(c1c(C)cc(C)cc1C)C(C)(C)CC. The van der Waals surface area contributed by atoms with E-state index in [9.17, 15) is 0 Å². The summed E-state index contributed by atoms with van der Waals surface area (Å²) in [7, 11) is 0. The third-order valence-corrected chi connectivity index (χ3v) is 4.13. The number of aryl methyl sites for hydroxylation is 3. The molecule has 0 amide bonds. The van der Waals surface area contributed by atoms with Gasteiger partial charge in [0.25, 0.3) is 0 Å². The first-order chi connectivity index (χ1) is 8.33. The summed E-state index contributed by atoms with van der Waals surface area (Å²) in [5.41, 5.74) is 5.97. The fourth-order valence-electron chi connectivity index (χ4n) is 2.82. The quantitative estimate of drug-likeness (QED) is 0.795. The van der Waals surface area contributed by atoms with Gasteiger partial charge in [-0.05, 0) is 55.8 Å². The number of nitrogens with one attached hydrogen (secondary N) is 1. The Morgan fingerprint density at radius 1 is 1.06 bits per heavy atom. The molecular weight excluding hydrogens is 218 g/mol. The predicted octanol–water partition coefficient (Wildman–Crippen LogP) is 4.70. The van der Waals surface area contributed by atoms with Crippen LogP contribution in [0.4, 0.5) is 0 Å². The maximum Gasteiger partial charge on any atom is 0.0376 e. The Bertz CT molecular complexity index is 381. The molecule has 0 bridgehead atoms. The van der Waals surface area contributed by atoms with Crippen LogP contribution in [0.15, 0.2) is 12.1 Å². The summed E-state index contributed by atoms with van der Waals surface area (Å²) in [4.78, 5) is 0. The molecule has 1 N–H and O–H groups in total. The van der Waals surface area contributed by atoms with Gasteiger partial charge in [0, 0.05) is 6.04 Å². The van der Waals surface area contributed by atoms with Crippen LogP contribution in [0.25, 0.3) is 0 Å². The number of hydrogen-bond donors (Lipinski definition) is 1. The molecule has 0 aliphatic carbocycles. The monoisotopic (exact) mass is 247 g/mol.